The van der Waals surface area contributed by atoms with Crippen LogP contribution in [0.2, 0.25) is 0 Å². The first kappa shape index (κ1) is 10.0. The Bertz CT molecular complexity index is 25.2. The van der Waals surface area contributed by atoms with E-state index in [0.29, 0.717) is 12.0 Å². The van der Waals surface area contributed by atoms with Gasteiger partial charge in [-0.3, -0.25) is 0 Å². The molecule has 0 aliphatic rings. The van der Waals surface area contributed by atoms with Crippen molar-refractivity contribution < 1.29 is 0 Å². The van der Waals surface area contributed by atoms with Crippen LogP contribution < -0.4 is 5.73 Å². The van der Waals surface area contributed by atoms with Gasteiger partial charge in [-0.05, 0) is 12.8 Å². The first-order valence-electron chi connectivity index (χ1n) is 2.40. The second-order valence-electron chi connectivity index (χ2n) is 2.10. The highest BCUT2D eigenvalue weighted by atomic mass is 14.6. The van der Waals surface area contributed by atoms with Crippen LogP contribution in [0.4, 0.5) is 0 Å². The Morgan fingerprint density at radius 1 is 1.14 bits per heavy atom. The second-order valence-corrected chi connectivity index (χ2v) is 2.10. The third-order valence-electron chi connectivity index (χ3n) is 1.05. The van der Waals surface area contributed by atoms with Crippen molar-refractivity contribution in [1.29, 1.82) is 0 Å². The first-order valence-corrected chi connectivity index (χ1v) is 2.40. The fraction of sp³-hybridized carbons (Fsp3) is 1.00. The average molecular weight is 103 g/mol. The summed E-state index contributed by atoms with van der Waals surface area (Å²) in [7, 11) is 0. The third kappa shape index (κ3) is 5.96. The smallest absolute Gasteiger partial charge is 0.00334 e. The predicted molar refractivity (Wildman–Crippen MR) is 35.2 cm³/mol. The molecule has 0 aliphatic carbocycles. The van der Waals surface area contributed by atoms with Crippen LogP contribution in [0.3, 0.4) is 0 Å². The van der Waals surface area contributed by atoms with Crippen LogP contribution in [-0.2, 0) is 0 Å². The van der Waals surface area contributed by atoms with Crippen molar-refractivity contribution in [3.8, 4) is 0 Å². The van der Waals surface area contributed by atoms with Gasteiger partial charge in [-0.1, -0.05) is 21.3 Å². The molecule has 0 saturated heterocycles. The SMILES string of the molecule is C.CC(C)[C@@H](C)N. The maximum atomic E-state index is 5.44. The minimum Gasteiger partial charge on any atom is -0.328 e. The summed E-state index contributed by atoms with van der Waals surface area (Å²) in [6.07, 6.45) is 0. The molecule has 0 heterocycles. The van der Waals surface area contributed by atoms with E-state index in [1.165, 1.54) is 0 Å². The van der Waals surface area contributed by atoms with Crippen molar-refractivity contribution >= 4 is 0 Å². The van der Waals surface area contributed by atoms with E-state index in [-0.39, 0.29) is 7.43 Å². The lowest BCUT2D eigenvalue weighted by Gasteiger charge is -2.05. The summed E-state index contributed by atoms with van der Waals surface area (Å²) in [5, 5.41) is 0. The summed E-state index contributed by atoms with van der Waals surface area (Å²) >= 11 is 0. The molecule has 0 fully saturated rings. The first-order chi connectivity index (χ1) is 2.64. The van der Waals surface area contributed by atoms with Crippen LogP contribution in [0, 0.1) is 5.92 Å². The fourth-order valence-corrected chi connectivity index (χ4v) is 0. The van der Waals surface area contributed by atoms with Gasteiger partial charge in [0.25, 0.3) is 0 Å². The van der Waals surface area contributed by atoms with Crippen LogP contribution in [0.1, 0.15) is 28.2 Å². The van der Waals surface area contributed by atoms with Gasteiger partial charge in [0.05, 0.1) is 0 Å². The molecule has 0 radical (unpaired) electrons. The quantitative estimate of drug-likeness (QED) is 0.536. The minimum absolute atomic E-state index is 0. The molecule has 0 aromatic rings. The van der Waals surface area contributed by atoms with Gasteiger partial charge < -0.3 is 5.73 Å². The van der Waals surface area contributed by atoms with E-state index in [1.54, 1.807) is 0 Å². The number of hydrogen-bond donors (Lipinski definition) is 1. The van der Waals surface area contributed by atoms with Gasteiger partial charge >= 0.3 is 0 Å². The molecule has 1 atom stereocenters. The van der Waals surface area contributed by atoms with Crippen molar-refractivity contribution in [2.24, 2.45) is 11.7 Å². The number of hydrogen-bond acceptors (Lipinski definition) is 1. The van der Waals surface area contributed by atoms with Crippen molar-refractivity contribution in [3.05, 3.63) is 0 Å². The van der Waals surface area contributed by atoms with Gasteiger partial charge in [0, 0.05) is 6.04 Å². The molecule has 0 aliphatic heterocycles. The van der Waals surface area contributed by atoms with Crippen molar-refractivity contribution in [3.63, 3.8) is 0 Å². The largest absolute Gasteiger partial charge is 0.328 e. The number of nitrogens with two attached hydrogens (primary N) is 1. The summed E-state index contributed by atoms with van der Waals surface area (Å²) in [6.45, 7) is 6.25. The monoisotopic (exact) mass is 103 g/mol. The lowest BCUT2D eigenvalue weighted by molar-refractivity contribution is 0.529. The van der Waals surface area contributed by atoms with Gasteiger partial charge in [-0.25, -0.2) is 0 Å². The lowest BCUT2D eigenvalue weighted by Crippen LogP contribution is -2.21. The normalized spacial score (nSPS) is 13.3. The molecule has 7 heavy (non-hydrogen) atoms. The molecule has 0 unspecified atom stereocenters. The fourth-order valence-electron chi connectivity index (χ4n) is 0. The predicted octanol–water partition coefficient (Wildman–Crippen LogP) is 1.63. The van der Waals surface area contributed by atoms with E-state index in [4.69, 9.17) is 5.73 Å². The zero-order valence-corrected chi connectivity index (χ0v) is 4.73. The molecule has 0 bridgehead atoms. The Morgan fingerprint density at radius 3 is 1.29 bits per heavy atom. The topological polar surface area (TPSA) is 26.0 Å². The molecule has 0 saturated carbocycles. The average Bonchev–Trinajstić information content (AvgIpc) is 1.36. The van der Waals surface area contributed by atoms with Gasteiger partial charge in [0.1, 0.15) is 0 Å². The van der Waals surface area contributed by atoms with Crippen LogP contribution >= 0.6 is 0 Å². The maximum Gasteiger partial charge on any atom is 0.00334 e. The maximum absolute atomic E-state index is 5.44. The van der Waals surface area contributed by atoms with Gasteiger partial charge in [-0.15, -0.1) is 0 Å². The van der Waals surface area contributed by atoms with Crippen LogP contribution in [-0.4, -0.2) is 6.04 Å². The van der Waals surface area contributed by atoms with Gasteiger partial charge in [0.2, 0.25) is 0 Å². The van der Waals surface area contributed by atoms with E-state index < -0.39 is 0 Å². The van der Waals surface area contributed by atoms with E-state index >= 15 is 0 Å². The van der Waals surface area contributed by atoms with Crippen molar-refractivity contribution in [2.45, 2.75) is 34.2 Å². The zero-order chi connectivity index (χ0) is 5.15. The Kier molecular flexibility index (Phi) is 5.93. The summed E-state index contributed by atoms with van der Waals surface area (Å²) in [5.41, 5.74) is 5.44. The molecule has 0 aromatic heterocycles. The number of rotatable bonds is 1. The molecule has 0 spiro atoms. The summed E-state index contributed by atoms with van der Waals surface area (Å²) in [6, 6.07) is 0.352. The third-order valence-corrected chi connectivity index (χ3v) is 1.05. The molecular weight excluding hydrogens is 86.1 g/mol. The molecule has 0 rings (SSSR count). The molecule has 46 valence electrons. The van der Waals surface area contributed by atoms with Crippen molar-refractivity contribution in [2.75, 3.05) is 0 Å². The van der Waals surface area contributed by atoms with E-state index in [1.807, 2.05) is 6.92 Å². The Balaban J connectivity index is 0. The Labute approximate surface area is 46.9 Å². The van der Waals surface area contributed by atoms with Gasteiger partial charge in [-0.2, -0.15) is 0 Å². The molecule has 0 amide bonds. The minimum atomic E-state index is 0. The lowest BCUT2D eigenvalue weighted by atomic mass is 10.1. The van der Waals surface area contributed by atoms with Crippen LogP contribution in [0.25, 0.3) is 0 Å². The molecule has 1 heteroatoms. The Hall–Kier alpha value is -0.0400. The highest BCUT2D eigenvalue weighted by Gasteiger charge is 1.95. The Morgan fingerprint density at radius 2 is 1.29 bits per heavy atom. The van der Waals surface area contributed by atoms with E-state index in [2.05, 4.69) is 13.8 Å². The van der Waals surface area contributed by atoms with Gasteiger partial charge in [0.15, 0.2) is 0 Å². The van der Waals surface area contributed by atoms with Crippen molar-refractivity contribution in [1.82, 2.24) is 0 Å². The highest BCUT2D eigenvalue weighted by Crippen LogP contribution is 1.93. The van der Waals surface area contributed by atoms with E-state index in [0.717, 1.165) is 0 Å². The standard InChI is InChI=1S/C5H13N.CH4/c1-4(2)5(3)6;/h4-5H,6H2,1-3H3;1H4/t5-;/m1./s1. The zero-order valence-electron chi connectivity index (χ0n) is 4.73. The second kappa shape index (κ2) is 4.13. The molecule has 2 N–H and O–H groups in total. The summed E-state index contributed by atoms with van der Waals surface area (Å²) < 4.78 is 0. The van der Waals surface area contributed by atoms with E-state index in [9.17, 15) is 0 Å². The molecule has 1 nitrogen and oxygen atoms in total. The molecule has 0 aromatic carbocycles. The summed E-state index contributed by atoms with van der Waals surface area (Å²) in [5.74, 6) is 0.630. The van der Waals surface area contributed by atoms with Crippen LogP contribution in [0.5, 0.6) is 0 Å². The highest BCUT2D eigenvalue weighted by molar-refractivity contribution is 4.55. The summed E-state index contributed by atoms with van der Waals surface area (Å²) in [4.78, 5) is 0. The van der Waals surface area contributed by atoms with Crippen LogP contribution in [0.15, 0.2) is 0 Å². The molecular formula is C6H17N.